The Labute approximate surface area is 164 Å². The van der Waals surface area contributed by atoms with E-state index in [1.807, 2.05) is 27.7 Å². The fourth-order valence-electron chi connectivity index (χ4n) is 2.91. The van der Waals surface area contributed by atoms with Gasteiger partial charge < -0.3 is 19.1 Å². The SMILES string of the molecule is Cc1cnccc1Oc1ncnc(OC2CCN(C(=O)OC(C)C)CC2)c1C. The summed E-state index contributed by atoms with van der Waals surface area (Å²) in [5.41, 5.74) is 1.66. The molecule has 1 aliphatic heterocycles. The van der Waals surface area contributed by atoms with E-state index in [0.29, 0.717) is 30.6 Å². The van der Waals surface area contributed by atoms with Gasteiger partial charge in [0.25, 0.3) is 0 Å². The average molecular weight is 386 g/mol. The molecule has 8 nitrogen and oxygen atoms in total. The maximum atomic E-state index is 12.0. The van der Waals surface area contributed by atoms with Gasteiger partial charge in [-0.3, -0.25) is 4.98 Å². The molecule has 150 valence electrons. The summed E-state index contributed by atoms with van der Waals surface area (Å²) >= 11 is 0. The number of carbonyl (C=O) groups is 1. The van der Waals surface area contributed by atoms with Crippen LogP contribution in [-0.2, 0) is 4.74 Å². The van der Waals surface area contributed by atoms with Crippen LogP contribution in [-0.4, -0.2) is 51.2 Å². The normalized spacial score (nSPS) is 14.8. The van der Waals surface area contributed by atoms with Gasteiger partial charge in [-0.25, -0.2) is 14.8 Å². The van der Waals surface area contributed by atoms with Crippen molar-refractivity contribution >= 4 is 6.09 Å². The number of hydrogen-bond donors (Lipinski definition) is 0. The molecule has 1 aliphatic rings. The fourth-order valence-corrected chi connectivity index (χ4v) is 2.91. The Morgan fingerprint density at radius 3 is 2.57 bits per heavy atom. The quantitative estimate of drug-likeness (QED) is 0.775. The van der Waals surface area contributed by atoms with E-state index in [2.05, 4.69) is 15.0 Å². The number of hydrogen-bond acceptors (Lipinski definition) is 7. The van der Waals surface area contributed by atoms with Crippen LogP contribution in [0.1, 0.15) is 37.8 Å². The molecular weight excluding hydrogens is 360 g/mol. The third kappa shape index (κ3) is 4.88. The number of piperidine rings is 1. The van der Waals surface area contributed by atoms with E-state index in [1.54, 1.807) is 23.4 Å². The summed E-state index contributed by atoms with van der Waals surface area (Å²) in [7, 11) is 0. The van der Waals surface area contributed by atoms with Crippen molar-refractivity contribution in [1.82, 2.24) is 19.9 Å². The molecule has 0 saturated carbocycles. The molecule has 2 aromatic heterocycles. The van der Waals surface area contributed by atoms with Gasteiger partial charge in [-0.1, -0.05) is 0 Å². The van der Waals surface area contributed by atoms with E-state index in [0.717, 1.165) is 24.0 Å². The van der Waals surface area contributed by atoms with E-state index in [-0.39, 0.29) is 18.3 Å². The number of rotatable bonds is 5. The number of likely N-dealkylation sites (tertiary alicyclic amines) is 1. The molecular formula is C20H26N4O4. The molecule has 2 aromatic rings. The van der Waals surface area contributed by atoms with Gasteiger partial charge in [0.05, 0.1) is 11.7 Å². The van der Waals surface area contributed by atoms with E-state index in [4.69, 9.17) is 14.2 Å². The molecule has 1 amide bonds. The largest absolute Gasteiger partial charge is 0.474 e. The lowest BCUT2D eigenvalue weighted by Crippen LogP contribution is -2.42. The Hall–Kier alpha value is -2.90. The van der Waals surface area contributed by atoms with Crippen molar-refractivity contribution in [1.29, 1.82) is 0 Å². The third-order valence-corrected chi connectivity index (χ3v) is 4.48. The van der Waals surface area contributed by atoms with Crippen molar-refractivity contribution in [3.8, 4) is 17.5 Å². The summed E-state index contributed by atoms with van der Waals surface area (Å²) < 4.78 is 17.2. The molecule has 8 heteroatoms. The lowest BCUT2D eigenvalue weighted by Gasteiger charge is -2.31. The molecule has 0 bridgehead atoms. The summed E-state index contributed by atoms with van der Waals surface area (Å²) in [6.07, 6.45) is 5.88. The minimum Gasteiger partial charge on any atom is -0.474 e. The number of aryl methyl sites for hydroxylation is 1. The Bertz CT molecular complexity index is 820. The van der Waals surface area contributed by atoms with E-state index < -0.39 is 0 Å². The highest BCUT2D eigenvalue weighted by molar-refractivity contribution is 5.67. The van der Waals surface area contributed by atoms with Crippen molar-refractivity contribution in [3.63, 3.8) is 0 Å². The summed E-state index contributed by atoms with van der Waals surface area (Å²) in [6.45, 7) is 8.68. The van der Waals surface area contributed by atoms with Gasteiger partial charge in [0.1, 0.15) is 18.2 Å². The average Bonchev–Trinajstić information content (AvgIpc) is 2.66. The summed E-state index contributed by atoms with van der Waals surface area (Å²) in [5.74, 6) is 1.65. The van der Waals surface area contributed by atoms with Crippen molar-refractivity contribution < 1.29 is 19.0 Å². The molecule has 28 heavy (non-hydrogen) atoms. The van der Waals surface area contributed by atoms with Crippen molar-refractivity contribution in [2.45, 2.75) is 52.7 Å². The summed E-state index contributed by atoms with van der Waals surface area (Å²) in [4.78, 5) is 26.3. The zero-order valence-corrected chi connectivity index (χ0v) is 16.7. The zero-order chi connectivity index (χ0) is 20.1. The molecule has 0 atom stereocenters. The van der Waals surface area contributed by atoms with Gasteiger partial charge >= 0.3 is 6.09 Å². The molecule has 0 aromatic carbocycles. The number of nitrogens with zero attached hydrogens (tertiary/aromatic N) is 4. The van der Waals surface area contributed by atoms with E-state index in [1.165, 1.54) is 6.33 Å². The topological polar surface area (TPSA) is 86.7 Å². The second-order valence-electron chi connectivity index (χ2n) is 7.09. The second kappa shape index (κ2) is 8.86. The molecule has 3 heterocycles. The van der Waals surface area contributed by atoms with Gasteiger partial charge in [0, 0.05) is 43.9 Å². The Kier molecular flexibility index (Phi) is 6.28. The monoisotopic (exact) mass is 386 g/mol. The van der Waals surface area contributed by atoms with Crippen LogP contribution in [0.3, 0.4) is 0 Å². The molecule has 0 radical (unpaired) electrons. The first kappa shape index (κ1) is 19.9. The Morgan fingerprint density at radius 1 is 1.18 bits per heavy atom. The standard InChI is InChI=1S/C20H26N4O4/c1-13(2)26-20(25)24-9-6-16(7-10-24)27-18-15(4)19(23-12-22-18)28-17-5-8-21-11-14(17)3/h5,8,11-13,16H,6-7,9-10H2,1-4H3. The van der Waals surface area contributed by atoms with Crippen LogP contribution in [0, 0.1) is 13.8 Å². The van der Waals surface area contributed by atoms with Gasteiger partial charge in [-0.15, -0.1) is 0 Å². The van der Waals surface area contributed by atoms with E-state index in [9.17, 15) is 4.79 Å². The molecule has 1 saturated heterocycles. The predicted molar refractivity (Wildman–Crippen MR) is 103 cm³/mol. The number of amides is 1. The predicted octanol–water partition coefficient (Wildman–Crippen LogP) is 3.67. The lowest BCUT2D eigenvalue weighted by molar-refractivity contribution is 0.0505. The number of carbonyl (C=O) groups excluding carboxylic acids is 1. The molecule has 0 aliphatic carbocycles. The van der Waals surface area contributed by atoms with Crippen LogP contribution >= 0.6 is 0 Å². The molecule has 0 N–H and O–H groups in total. The van der Waals surface area contributed by atoms with Crippen molar-refractivity contribution in [2.24, 2.45) is 0 Å². The van der Waals surface area contributed by atoms with Crippen LogP contribution in [0.5, 0.6) is 17.5 Å². The van der Waals surface area contributed by atoms with Crippen LogP contribution in [0.4, 0.5) is 4.79 Å². The van der Waals surface area contributed by atoms with Gasteiger partial charge in [0.2, 0.25) is 11.8 Å². The first-order valence-corrected chi connectivity index (χ1v) is 9.46. The smallest absolute Gasteiger partial charge is 0.410 e. The minimum atomic E-state index is -0.268. The molecule has 0 spiro atoms. The maximum Gasteiger partial charge on any atom is 0.410 e. The highest BCUT2D eigenvalue weighted by Crippen LogP contribution is 2.30. The van der Waals surface area contributed by atoms with Gasteiger partial charge in [-0.05, 0) is 33.8 Å². The van der Waals surface area contributed by atoms with Crippen LogP contribution in [0.25, 0.3) is 0 Å². The number of pyridine rings is 1. The van der Waals surface area contributed by atoms with Crippen molar-refractivity contribution in [2.75, 3.05) is 13.1 Å². The first-order chi connectivity index (χ1) is 13.4. The fraction of sp³-hybridized carbons (Fsp3) is 0.500. The molecule has 3 rings (SSSR count). The Balaban J connectivity index is 1.61. The Morgan fingerprint density at radius 2 is 1.89 bits per heavy atom. The molecule has 0 unspecified atom stereocenters. The summed E-state index contributed by atoms with van der Waals surface area (Å²) in [6, 6.07) is 1.80. The summed E-state index contributed by atoms with van der Waals surface area (Å²) in [5, 5.41) is 0. The number of aromatic nitrogens is 3. The van der Waals surface area contributed by atoms with Crippen LogP contribution < -0.4 is 9.47 Å². The lowest BCUT2D eigenvalue weighted by atomic mass is 10.1. The van der Waals surface area contributed by atoms with Gasteiger partial charge in [0.15, 0.2) is 0 Å². The zero-order valence-electron chi connectivity index (χ0n) is 16.7. The van der Waals surface area contributed by atoms with Crippen LogP contribution in [0.15, 0.2) is 24.8 Å². The third-order valence-electron chi connectivity index (χ3n) is 4.48. The second-order valence-corrected chi connectivity index (χ2v) is 7.09. The van der Waals surface area contributed by atoms with Crippen LogP contribution in [0.2, 0.25) is 0 Å². The minimum absolute atomic E-state index is 0.0211. The highest BCUT2D eigenvalue weighted by atomic mass is 16.6. The van der Waals surface area contributed by atoms with E-state index >= 15 is 0 Å². The maximum absolute atomic E-state index is 12.0. The highest BCUT2D eigenvalue weighted by Gasteiger charge is 2.26. The first-order valence-electron chi connectivity index (χ1n) is 9.46. The van der Waals surface area contributed by atoms with Crippen molar-refractivity contribution in [3.05, 3.63) is 35.9 Å². The van der Waals surface area contributed by atoms with Gasteiger partial charge in [-0.2, -0.15) is 0 Å². The number of ether oxygens (including phenoxy) is 3. The molecule has 1 fully saturated rings.